The molecule has 1 aromatic carbocycles. The molecule has 0 saturated heterocycles. The maximum Gasteiger partial charge on any atom is 0.250 e. The van der Waals surface area contributed by atoms with Crippen LogP contribution < -0.4 is 5.73 Å². The number of aromatic nitrogens is 1. The number of hydrogen-bond donors (Lipinski definition) is 3. The van der Waals surface area contributed by atoms with Crippen LogP contribution in [0.1, 0.15) is 10.4 Å². The van der Waals surface area contributed by atoms with Crippen molar-refractivity contribution in [2.75, 3.05) is 0 Å². The van der Waals surface area contributed by atoms with Gasteiger partial charge in [0.1, 0.15) is 5.75 Å². The lowest BCUT2D eigenvalue weighted by atomic mass is 10.1. The molecule has 0 radical (unpaired) electrons. The van der Waals surface area contributed by atoms with Crippen molar-refractivity contribution in [1.29, 1.82) is 0 Å². The fourth-order valence-electron chi connectivity index (χ4n) is 1.32. The molecule has 0 fully saturated rings. The fourth-order valence-corrected chi connectivity index (χ4v) is 1.32. The minimum absolute atomic E-state index is 0.158. The zero-order chi connectivity index (χ0) is 9.42. The third-order valence-electron chi connectivity index (χ3n) is 1.93. The average molecular weight is 176 g/mol. The van der Waals surface area contributed by atoms with Gasteiger partial charge < -0.3 is 15.8 Å². The Kier molecular flexibility index (Phi) is 1.48. The minimum atomic E-state index is -0.475. The maximum atomic E-state index is 10.9. The molecule has 4 N–H and O–H groups in total. The number of benzene rings is 1. The van der Waals surface area contributed by atoms with E-state index < -0.39 is 5.91 Å². The SMILES string of the molecule is NC(=O)c1c[nH]c2cc(O)ccc12. The molecular formula is C9H8N2O2. The fraction of sp³-hybridized carbons (Fsp3) is 0. The number of aromatic amines is 1. The van der Waals surface area contributed by atoms with E-state index in [1.54, 1.807) is 12.1 Å². The molecule has 1 aromatic heterocycles. The van der Waals surface area contributed by atoms with Crippen LogP contribution in [0.3, 0.4) is 0 Å². The van der Waals surface area contributed by atoms with Crippen molar-refractivity contribution in [3.63, 3.8) is 0 Å². The van der Waals surface area contributed by atoms with Gasteiger partial charge in [0.2, 0.25) is 0 Å². The summed E-state index contributed by atoms with van der Waals surface area (Å²) in [4.78, 5) is 13.8. The van der Waals surface area contributed by atoms with E-state index in [1.807, 2.05) is 0 Å². The molecule has 0 saturated carbocycles. The van der Waals surface area contributed by atoms with E-state index in [2.05, 4.69) is 4.98 Å². The number of carbonyl (C=O) groups is 1. The van der Waals surface area contributed by atoms with Gasteiger partial charge in [-0.15, -0.1) is 0 Å². The monoisotopic (exact) mass is 176 g/mol. The molecule has 0 aliphatic carbocycles. The second-order valence-corrected chi connectivity index (χ2v) is 2.80. The van der Waals surface area contributed by atoms with Crippen molar-refractivity contribution >= 4 is 16.8 Å². The number of nitrogens with one attached hydrogen (secondary N) is 1. The van der Waals surface area contributed by atoms with Crippen molar-refractivity contribution in [2.24, 2.45) is 5.73 Å². The molecule has 0 aliphatic rings. The summed E-state index contributed by atoms with van der Waals surface area (Å²) in [6.45, 7) is 0. The van der Waals surface area contributed by atoms with Crippen molar-refractivity contribution in [1.82, 2.24) is 4.98 Å². The number of phenols is 1. The van der Waals surface area contributed by atoms with Gasteiger partial charge in [0.15, 0.2) is 0 Å². The highest BCUT2D eigenvalue weighted by atomic mass is 16.3. The highest BCUT2D eigenvalue weighted by molar-refractivity contribution is 6.06. The molecule has 66 valence electrons. The number of nitrogens with two attached hydrogens (primary N) is 1. The first-order valence-electron chi connectivity index (χ1n) is 3.78. The Labute approximate surface area is 74.0 Å². The normalized spacial score (nSPS) is 10.5. The van der Waals surface area contributed by atoms with Gasteiger partial charge >= 0.3 is 0 Å². The first kappa shape index (κ1) is 7.67. The van der Waals surface area contributed by atoms with Crippen LogP contribution in [-0.4, -0.2) is 16.0 Å². The lowest BCUT2D eigenvalue weighted by molar-refractivity contribution is 0.100. The number of hydrogen-bond acceptors (Lipinski definition) is 2. The van der Waals surface area contributed by atoms with E-state index in [1.165, 1.54) is 12.3 Å². The van der Waals surface area contributed by atoms with Crippen LogP contribution in [0.2, 0.25) is 0 Å². The van der Waals surface area contributed by atoms with Crippen LogP contribution in [0.15, 0.2) is 24.4 Å². The van der Waals surface area contributed by atoms with E-state index >= 15 is 0 Å². The Morgan fingerprint density at radius 3 is 2.92 bits per heavy atom. The summed E-state index contributed by atoms with van der Waals surface area (Å²) in [5.41, 5.74) is 6.28. The van der Waals surface area contributed by atoms with Crippen LogP contribution in [0, 0.1) is 0 Å². The predicted molar refractivity (Wildman–Crippen MR) is 48.5 cm³/mol. The van der Waals surface area contributed by atoms with Gasteiger partial charge in [-0.25, -0.2) is 0 Å². The smallest absolute Gasteiger partial charge is 0.250 e. The van der Waals surface area contributed by atoms with Gasteiger partial charge in [-0.3, -0.25) is 4.79 Å². The molecule has 0 spiro atoms. The third kappa shape index (κ3) is 1.12. The van der Waals surface area contributed by atoms with Crippen molar-refractivity contribution < 1.29 is 9.90 Å². The van der Waals surface area contributed by atoms with Gasteiger partial charge in [0, 0.05) is 23.2 Å². The van der Waals surface area contributed by atoms with Gasteiger partial charge in [-0.1, -0.05) is 0 Å². The molecule has 4 nitrogen and oxygen atoms in total. The molecular weight excluding hydrogens is 168 g/mol. The summed E-state index contributed by atoms with van der Waals surface area (Å²) >= 11 is 0. The van der Waals surface area contributed by atoms with Crippen LogP contribution in [-0.2, 0) is 0 Å². The molecule has 0 atom stereocenters. The van der Waals surface area contributed by atoms with Crippen LogP contribution in [0.5, 0.6) is 5.75 Å². The summed E-state index contributed by atoms with van der Waals surface area (Å²) < 4.78 is 0. The molecule has 2 rings (SSSR count). The molecule has 4 heteroatoms. The van der Waals surface area contributed by atoms with E-state index in [-0.39, 0.29) is 5.75 Å². The second-order valence-electron chi connectivity index (χ2n) is 2.80. The van der Waals surface area contributed by atoms with Crippen molar-refractivity contribution in [2.45, 2.75) is 0 Å². The average Bonchev–Trinajstić information content (AvgIpc) is 2.46. The number of amides is 1. The topological polar surface area (TPSA) is 79.1 Å². The summed E-state index contributed by atoms with van der Waals surface area (Å²) in [5.74, 6) is -0.317. The second kappa shape index (κ2) is 2.52. The maximum absolute atomic E-state index is 10.9. The summed E-state index contributed by atoms with van der Waals surface area (Å²) in [5, 5.41) is 9.87. The van der Waals surface area contributed by atoms with Crippen molar-refractivity contribution in [3.8, 4) is 5.75 Å². The summed E-state index contributed by atoms with van der Waals surface area (Å²) in [6.07, 6.45) is 1.53. The number of rotatable bonds is 1. The van der Waals surface area contributed by atoms with Crippen LogP contribution >= 0.6 is 0 Å². The van der Waals surface area contributed by atoms with Crippen LogP contribution in [0.25, 0.3) is 10.9 Å². The number of fused-ring (bicyclic) bond motifs is 1. The summed E-state index contributed by atoms with van der Waals surface area (Å²) in [6, 6.07) is 4.71. The largest absolute Gasteiger partial charge is 0.508 e. The Bertz CT molecular complexity index is 473. The zero-order valence-electron chi connectivity index (χ0n) is 6.74. The molecule has 0 aliphatic heterocycles. The number of H-pyrrole nitrogens is 1. The first-order chi connectivity index (χ1) is 6.18. The number of phenolic OH excluding ortho intramolecular Hbond substituents is 1. The molecule has 1 amide bonds. The lowest BCUT2D eigenvalue weighted by Gasteiger charge is -1.93. The Balaban J connectivity index is 2.76. The standard InChI is InChI=1S/C9H8N2O2/c10-9(13)7-4-11-8-3-5(12)1-2-6(7)8/h1-4,11-12H,(H2,10,13). The minimum Gasteiger partial charge on any atom is -0.508 e. The zero-order valence-corrected chi connectivity index (χ0v) is 6.74. The van der Waals surface area contributed by atoms with Gasteiger partial charge in [-0.05, 0) is 12.1 Å². The number of aromatic hydroxyl groups is 1. The third-order valence-corrected chi connectivity index (χ3v) is 1.93. The van der Waals surface area contributed by atoms with Gasteiger partial charge in [-0.2, -0.15) is 0 Å². The van der Waals surface area contributed by atoms with E-state index in [0.29, 0.717) is 11.1 Å². The Morgan fingerprint density at radius 1 is 1.46 bits per heavy atom. The molecule has 1 heterocycles. The highest BCUT2D eigenvalue weighted by Gasteiger charge is 2.07. The number of primary amides is 1. The molecule has 13 heavy (non-hydrogen) atoms. The van der Waals surface area contributed by atoms with Crippen LogP contribution in [0.4, 0.5) is 0 Å². The van der Waals surface area contributed by atoms with Gasteiger partial charge in [0.25, 0.3) is 5.91 Å². The first-order valence-corrected chi connectivity index (χ1v) is 3.78. The lowest BCUT2D eigenvalue weighted by Crippen LogP contribution is -2.09. The molecule has 0 unspecified atom stereocenters. The number of carbonyl (C=O) groups excluding carboxylic acids is 1. The molecule has 0 bridgehead atoms. The quantitative estimate of drug-likeness (QED) is 0.605. The molecule has 2 aromatic rings. The van der Waals surface area contributed by atoms with E-state index in [4.69, 9.17) is 10.8 Å². The summed E-state index contributed by atoms with van der Waals surface area (Å²) in [7, 11) is 0. The van der Waals surface area contributed by atoms with Crippen molar-refractivity contribution in [3.05, 3.63) is 30.0 Å². The Hall–Kier alpha value is -1.97. The predicted octanol–water partition coefficient (Wildman–Crippen LogP) is 0.972. The van der Waals surface area contributed by atoms with E-state index in [9.17, 15) is 4.79 Å². The van der Waals surface area contributed by atoms with E-state index in [0.717, 1.165) is 5.39 Å². The highest BCUT2D eigenvalue weighted by Crippen LogP contribution is 2.21. The van der Waals surface area contributed by atoms with Gasteiger partial charge in [0.05, 0.1) is 5.56 Å². The Morgan fingerprint density at radius 2 is 2.23 bits per heavy atom.